The second-order valence-electron chi connectivity index (χ2n) is 7.38. The molecule has 0 unspecified atom stereocenters. The number of thiocarbonyl (C=S) groups is 1. The van der Waals surface area contributed by atoms with Crippen LogP contribution in [-0.4, -0.2) is 21.1 Å². The Morgan fingerprint density at radius 1 is 0.963 bits per heavy atom. The predicted molar refractivity (Wildman–Crippen MR) is 116 cm³/mol. The van der Waals surface area contributed by atoms with Gasteiger partial charge in [-0.25, -0.2) is 0 Å². The molecule has 1 aliphatic rings. The number of nitrogens with one attached hydrogen (secondary N) is 1. The van der Waals surface area contributed by atoms with Crippen molar-refractivity contribution in [3.63, 3.8) is 0 Å². The Hall–Kier alpha value is -2.59. The third kappa shape index (κ3) is 3.50. The highest BCUT2D eigenvalue weighted by atomic mass is 32.1. The second-order valence-corrected chi connectivity index (χ2v) is 7.77. The van der Waals surface area contributed by atoms with E-state index in [4.69, 9.17) is 12.2 Å². The van der Waals surface area contributed by atoms with Gasteiger partial charge in [-0.2, -0.15) is 0 Å². The fourth-order valence-corrected chi connectivity index (χ4v) is 4.07. The van der Waals surface area contributed by atoms with E-state index in [1.807, 2.05) is 0 Å². The Morgan fingerprint density at radius 3 is 2.48 bits per heavy atom. The monoisotopic (exact) mass is 375 g/mol. The molecule has 3 nitrogen and oxygen atoms in total. The van der Waals surface area contributed by atoms with Gasteiger partial charge in [0.2, 0.25) is 0 Å². The lowest BCUT2D eigenvalue weighted by Crippen LogP contribution is -2.44. The fourth-order valence-electron chi connectivity index (χ4n) is 3.76. The SMILES string of the molecule is Cc1ccc([C@@H]2c3cccn3CCN2C(=S)Nc2cc(C)ccc2C)cc1. The van der Waals surface area contributed by atoms with Crippen LogP contribution in [0.4, 0.5) is 5.69 Å². The van der Waals surface area contributed by atoms with Crippen LogP contribution in [0.15, 0.2) is 60.8 Å². The van der Waals surface area contributed by atoms with Crippen LogP contribution >= 0.6 is 12.2 Å². The Balaban J connectivity index is 1.68. The minimum Gasteiger partial charge on any atom is -0.348 e. The van der Waals surface area contributed by atoms with Gasteiger partial charge in [0, 0.05) is 30.7 Å². The molecule has 0 fully saturated rings. The van der Waals surface area contributed by atoms with E-state index < -0.39 is 0 Å². The molecule has 0 aliphatic carbocycles. The van der Waals surface area contributed by atoms with Crippen LogP contribution in [0.25, 0.3) is 0 Å². The van der Waals surface area contributed by atoms with Crippen molar-refractivity contribution in [2.24, 2.45) is 0 Å². The van der Waals surface area contributed by atoms with Crippen molar-refractivity contribution in [3.8, 4) is 0 Å². The molecule has 1 aromatic heterocycles. The topological polar surface area (TPSA) is 20.2 Å². The maximum Gasteiger partial charge on any atom is 0.174 e. The average Bonchev–Trinajstić information content (AvgIpc) is 3.13. The zero-order chi connectivity index (χ0) is 19.0. The summed E-state index contributed by atoms with van der Waals surface area (Å²) in [5.41, 5.74) is 7.35. The van der Waals surface area contributed by atoms with Crippen molar-refractivity contribution < 1.29 is 0 Å². The van der Waals surface area contributed by atoms with Gasteiger partial charge in [-0.3, -0.25) is 0 Å². The first-order chi connectivity index (χ1) is 13.0. The molecule has 0 saturated carbocycles. The van der Waals surface area contributed by atoms with Crippen molar-refractivity contribution in [2.45, 2.75) is 33.4 Å². The smallest absolute Gasteiger partial charge is 0.174 e. The molecule has 2 heterocycles. The van der Waals surface area contributed by atoms with Gasteiger partial charge < -0.3 is 14.8 Å². The molecular weight excluding hydrogens is 350 g/mol. The van der Waals surface area contributed by atoms with Crippen LogP contribution in [0.2, 0.25) is 0 Å². The third-order valence-corrected chi connectivity index (χ3v) is 5.66. The molecule has 0 spiro atoms. The van der Waals surface area contributed by atoms with Crippen LogP contribution < -0.4 is 5.32 Å². The molecule has 27 heavy (non-hydrogen) atoms. The summed E-state index contributed by atoms with van der Waals surface area (Å²) < 4.78 is 2.33. The van der Waals surface area contributed by atoms with Crippen molar-refractivity contribution in [2.75, 3.05) is 11.9 Å². The maximum atomic E-state index is 5.87. The number of aromatic nitrogens is 1. The summed E-state index contributed by atoms with van der Waals surface area (Å²) >= 11 is 5.87. The highest BCUT2D eigenvalue weighted by Crippen LogP contribution is 2.33. The number of anilines is 1. The number of benzene rings is 2. The first-order valence-corrected chi connectivity index (χ1v) is 9.80. The molecule has 2 aromatic carbocycles. The second kappa shape index (κ2) is 7.20. The summed E-state index contributed by atoms with van der Waals surface area (Å²) in [6, 6.07) is 19.7. The van der Waals surface area contributed by atoms with Gasteiger partial charge in [-0.1, -0.05) is 42.0 Å². The molecule has 1 atom stereocenters. The lowest BCUT2D eigenvalue weighted by Gasteiger charge is -2.39. The fraction of sp³-hybridized carbons (Fsp3) is 0.261. The van der Waals surface area contributed by atoms with Crippen molar-refractivity contribution >= 4 is 23.0 Å². The van der Waals surface area contributed by atoms with E-state index in [2.05, 4.69) is 96.3 Å². The van der Waals surface area contributed by atoms with E-state index in [0.717, 1.165) is 23.9 Å². The van der Waals surface area contributed by atoms with Gasteiger partial charge in [-0.05, 0) is 67.9 Å². The summed E-state index contributed by atoms with van der Waals surface area (Å²) in [5, 5.41) is 4.28. The summed E-state index contributed by atoms with van der Waals surface area (Å²) in [6.07, 6.45) is 2.16. The van der Waals surface area contributed by atoms with Gasteiger partial charge in [0.05, 0.1) is 6.04 Å². The standard InChI is InChI=1S/C23H25N3S/c1-16-7-10-19(11-8-16)22-21-5-4-12-25(21)13-14-26(22)23(27)24-20-15-17(2)6-9-18(20)3/h4-12,15,22H,13-14H2,1-3H3,(H,24,27)/t22-/m1/s1. The Bertz CT molecular complexity index is 972. The van der Waals surface area contributed by atoms with Crippen LogP contribution in [-0.2, 0) is 6.54 Å². The van der Waals surface area contributed by atoms with Crippen LogP contribution in [0.3, 0.4) is 0 Å². The number of fused-ring (bicyclic) bond motifs is 1. The lowest BCUT2D eigenvalue weighted by atomic mass is 9.99. The first kappa shape index (κ1) is 17.8. The molecule has 4 rings (SSSR count). The molecule has 0 radical (unpaired) electrons. The zero-order valence-corrected chi connectivity index (χ0v) is 16.9. The predicted octanol–water partition coefficient (Wildman–Crippen LogP) is 5.22. The lowest BCUT2D eigenvalue weighted by molar-refractivity contribution is 0.293. The first-order valence-electron chi connectivity index (χ1n) is 9.39. The highest BCUT2D eigenvalue weighted by molar-refractivity contribution is 7.80. The van der Waals surface area contributed by atoms with Crippen molar-refractivity contribution in [1.82, 2.24) is 9.47 Å². The average molecular weight is 376 g/mol. The molecule has 1 aliphatic heterocycles. The quantitative estimate of drug-likeness (QED) is 0.621. The van der Waals surface area contributed by atoms with Gasteiger partial charge in [-0.15, -0.1) is 0 Å². The number of rotatable bonds is 2. The summed E-state index contributed by atoms with van der Waals surface area (Å²) in [5.74, 6) is 0. The molecule has 1 N–H and O–H groups in total. The molecule has 4 heteroatoms. The van der Waals surface area contributed by atoms with E-state index in [1.54, 1.807) is 0 Å². The van der Waals surface area contributed by atoms with Gasteiger partial charge >= 0.3 is 0 Å². The summed E-state index contributed by atoms with van der Waals surface area (Å²) in [7, 11) is 0. The Morgan fingerprint density at radius 2 is 1.70 bits per heavy atom. The molecule has 138 valence electrons. The molecule has 0 bridgehead atoms. The minimum absolute atomic E-state index is 0.125. The molecule has 3 aromatic rings. The molecular formula is C23H25N3S. The third-order valence-electron chi connectivity index (χ3n) is 5.33. The summed E-state index contributed by atoms with van der Waals surface area (Å²) in [4.78, 5) is 2.32. The van der Waals surface area contributed by atoms with Gasteiger partial charge in [0.15, 0.2) is 5.11 Å². The normalized spacial score (nSPS) is 16.1. The van der Waals surface area contributed by atoms with Crippen molar-refractivity contribution in [3.05, 3.63) is 88.7 Å². The van der Waals surface area contributed by atoms with E-state index >= 15 is 0 Å². The van der Waals surface area contributed by atoms with E-state index in [9.17, 15) is 0 Å². The van der Waals surface area contributed by atoms with E-state index in [-0.39, 0.29) is 6.04 Å². The number of nitrogens with zero attached hydrogens (tertiary/aromatic N) is 2. The van der Waals surface area contributed by atoms with Gasteiger partial charge in [0.1, 0.15) is 0 Å². The molecule has 0 saturated heterocycles. The van der Waals surface area contributed by atoms with Crippen LogP contribution in [0, 0.1) is 20.8 Å². The Labute approximate surface area is 166 Å². The van der Waals surface area contributed by atoms with Gasteiger partial charge in [0.25, 0.3) is 0 Å². The van der Waals surface area contributed by atoms with E-state index in [0.29, 0.717) is 0 Å². The zero-order valence-electron chi connectivity index (χ0n) is 16.1. The highest BCUT2D eigenvalue weighted by Gasteiger charge is 2.30. The Kier molecular flexibility index (Phi) is 4.75. The van der Waals surface area contributed by atoms with E-state index in [1.165, 1.54) is 27.9 Å². The van der Waals surface area contributed by atoms with Crippen LogP contribution in [0.5, 0.6) is 0 Å². The van der Waals surface area contributed by atoms with Crippen molar-refractivity contribution in [1.29, 1.82) is 0 Å². The number of hydrogen-bond donors (Lipinski definition) is 1. The number of aryl methyl sites for hydroxylation is 3. The van der Waals surface area contributed by atoms with Crippen LogP contribution in [0.1, 0.15) is 34.0 Å². The maximum absolute atomic E-state index is 5.87. The minimum atomic E-state index is 0.125. The summed E-state index contributed by atoms with van der Waals surface area (Å²) in [6.45, 7) is 8.17. The molecule has 0 amide bonds. The number of hydrogen-bond acceptors (Lipinski definition) is 1. The largest absolute Gasteiger partial charge is 0.348 e.